The Bertz CT molecular complexity index is 1420. The minimum Gasteiger partial charge on any atom is -0.495 e. The molecule has 10 heteroatoms. The van der Waals surface area contributed by atoms with Crippen LogP contribution in [0.5, 0.6) is 5.75 Å². The zero-order valence-electron chi connectivity index (χ0n) is 17.6. The van der Waals surface area contributed by atoms with Crippen molar-refractivity contribution in [2.45, 2.75) is 12.1 Å². The summed E-state index contributed by atoms with van der Waals surface area (Å²) in [7, 11) is 3.20. The third-order valence-corrected chi connectivity index (χ3v) is 7.13. The molecule has 4 aromatic rings. The number of nitrogens with zero attached hydrogens (tertiary/aromatic N) is 3. The largest absolute Gasteiger partial charge is 0.495 e. The predicted molar refractivity (Wildman–Crippen MR) is 132 cm³/mol. The van der Waals surface area contributed by atoms with Crippen LogP contribution in [0.3, 0.4) is 0 Å². The second-order valence-corrected chi connectivity index (χ2v) is 9.58. The maximum absolute atomic E-state index is 12.9. The third kappa shape index (κ3) is 4.34. The van der Waals surface area contributed by atoms with Crippen molar-refractivity contribution < 1.29 is 9.53 Å². The van der Waals surface area contributed by atoms with Gasteiger partial charge in [-0.3, -0.25) is 18.7 Å². The van der Waals surface area contributed by atoms with Crippen molar-refractivity contribution in [3.05, 3.63) is 68.4 Å². The smallest absolute Gasteiger partial charge is 0.273 e. The van der Waals surface area contributed by atoms with Crippen molar-refractivity contribution in [3.8, 4) is 11.4 Å². The second-order valence-electron chi connectivity index (χ2n) is 6.99. The number of aromatic nitrogens is 3. The molecule has 0 radical (unpaired) electrons. The number of methoxy groups -OCH3 is 1. The fraction of sp³-hybridized carbons (Fsp3) is 0.182. The van der Waals surface area contributed by atoms with E-state index in [1.54, 1.807) is 18.7 Å². The van der Waals surface area contributed by atoms with Gasteiger partial charge in [-0.15, -0.1) is 0 Å². The molecule has 2 aromatic heterocycles. The molecule has 4 rings (SSSR count). The lowest BCUT2D eigenvalue weighted by Crippen LogP contribution is -2.21. The van der Waals surface area contributed by atoms with Crippen LogP contribution in [-0.4, -0.2) is 32.9 Å². The van der Waals surface area contributed by atoms with E-state index in [4.69, 9.17) is 17.0 Å². The SMILES string of the molecule is COc1ccc(C)cc1NC(=O)CSc1nc2c(sc(=S)n2-c2ccccc2)c(=O)n1C. The number of carbonyl (C=O) groups is 1. The highest BCUT2D eigenvalue weighted by atomic mass is 32.2. The number of para-hydroxylation sites is 1. The molecule has 32 heavy (non-hydrogen) atoms. The molecule has 0 saturated carbocycles. The Balaban J connectivity index is 1.63. The average molecular weight is 485 g/mol. The Hall–Kier alpha value is -2.95. The van der Waals surface area contributed by atoms with E-state index in [0.717, 1.165) is 11.3 Å². The van der Waals surface area contributed by atoms with Crippen LogP contribution < -0.4 is 15.6 Å². The summed E-state index contributed by atoms with van der Waals surface area (Å²) in [5.74, 6) is 0.443. The molecule has 0 bridgehead atoms. The number of aryl methyl sites for hydroxylation is 1. The van der Waals surface area contributed by atoms with E-state index in [0.29, 0.717) is 30.9 Å². The molecule has 1 amide bonds. The number of benzene rings is 2. The van der Waals surface area contributed by atoms with E-state index < -0.39 is 0 Å². The van der Waals surface area contributed by atoms with Gasteiger partial charge < -0.3 is 10.1 Å². The number of amides is 1. The Kier molecular flexibility index (Phi) is 6.45. The van der Waals surface area contributed by atoms with Gasteiger partial charge in [0, 0.05) is 12.7 Å². The molecule has 1 N–H and O–H groups in total. The molecule has 0 fully saturated rings. The summed E-state index contributed by atoms with van der Waals surface area (Å²) >= 11 is 7.93. The van der Waals surface area contributed by atoms with Crippen molar-refractivity contribution in [2.24, 2.45) is 7.05 Å². The van der Waals surface area contributed by atoms with Gasteiger partial charge in [-0.2, -0.15) is 0 Å². The Morgan fingerprint density at radius 3 is 2.72 bits per heavy atom. The van der Waals surface area contributed by atoms with Gasteiger partial charge in [0.15, 0.2) is 14.8 Å². The Morgan fingerprint density at radius 1 is 1.25 bits per heavy atom. The van der Waals surface area contributed by atoms with Crippen LogP contribution in [0.2, 0.25) is 0 Å². The molecular weight excluding hydrogens is 464 g/mol. The molecule has 0 aliphatic rings. The summed E-state index contributed by atoms with van der Waals surface area (Å²) in [5.41, 5.74) is 2.75. The molecule has 2 aromatic carbocycles. The molecule has 0 unspecified atom stereocenters. The zero-order chi connectivity index (χ0) is 22.8. The highest BCUT2D eigenvalue weighted by Gasteiger charge is 2.17. The molecular formula is C22H20N4O3S3. The number of fused-ring (bicyclic) bond motifs is 1. The van der Waals surface area contributed by atoms with Crippen molar-refractivity contribution in [3.63, 3.8) is 0 Å². The van der Waals surface area contributed by atoms with Crippen molar-refractivity contribution >= 4 is 57.3 Å². The van der Waals surface area contributed by atoms with Crippen LogP contribution in [0.25, 0.3) is 16.0 Å². The molecule has 2 heterocycles. The van der Waals surface area contributed by atoms with Crippen LogP contribution >= 0.6 is 35.3 Å². The first-order valence-electron chi connectivity index (χ1n) is 9.64. The number of thioether (sulfide) groups is 1. The lowest BCUT2D eigenvalue weighted by atomic mass is 10.2. The maximum atomic E-state index is 12.9. The van der Waals surface area contributed by atoms with Crippen molar-refractivity contribution in [1.82, 2.24) is 14.1 Å². The van der Waals surface area contributed by atoms with E-state index in [1.165, 1.54) is 27.7 Å². The van der Waals surface area contributed by atoms with Crippen LogP contribution in [0, 0.1) is 10.9 Å². The summed E-state index contributed by atoms with van der Waals surface area (Å²) < 4.78 is 9.59. The van der Waals surface area contributed by atoms with Gasteiger partial charge in [-0.1, -0.05) is 47.4 Å². The first-order valence-corrected chi connectivity index (χ1v) is 11.9. The van der Waals surface area contributed by atoms with Crippen molar-refractivity contribution in [1.29, 1.82) is 0 Å². The fourth-order valence-corrected chi connectivity index (χ4v) is 5.29. The average Bonchev–Trinajstić information content (AvgIpc) is 3.12. The van der Waals surface area contributed by atoms with Gasteiger partial charge >= 0.3 is 0 Å². The first kappa shape index (κ1) is 22.3. The highest BCUT2D eigenvalue weighted by molar-refractivity contribution is 7.99. The normalized spacial score (nSPS) is 11.0. The summed E-state index contributed by atoms with van der Waals surface area (Å²) in [4.78, 5) is 30.2. The van der Waals surface area contributed by atoms with Crippen LogP contribution in [0.4, 0.5) is 5.69 Å². The summed E-state index contributed by atoms with van der Waals surface area (Å²) in [6.07, 6.45) is 0. The highest BCUT2D eigenvalue weighted by Crippen LogP contribution is 2.27. The monoisotopic (exact) mass is 484 g/mol. The predicted octanol–water partition coefficient (Wildman–Crippen LogP) is 4.56. The minimum atomic E-state index is -0.224. The lowest BCUT2D eigenvalue weighted by molar-refractivity contribution is -0.113. The van der Waals surface area contributed by atoms with Gasteiger partial charge in [0.25, 0.3) is 5.56 Å². The molecule has 0 atom stereocenters. The third-order valence-electron chi connectivity index (χ3n) is 4.75. The summed E-state index contributed by atoms with van der Waals surface area (Å²) in [6, 6.07) is 15.1. The number of carbonyl (C=O) groups excluding carboxylic acids is 1. The van der Waals surface area contributed by atoms with Crippen LogP contribution in [0.1, 0.15) is 5.56 Å². The van der Waals surface area contributed by atoms with E-state index in [1.807, 2.05) is 55.5 Å². The minimum absolute atomic E-state index is 0.0824. The number of hydrogen-bond acceptors (Lipinski definition) is 7. The number of rotatable bonds is 6. The van der Waals surface area contributed by atoms with Crippen LogP contribution in [-0.2, 0) is 11.8 Å². The zero-order valence-corrected chi connectivity index (χ0v) is 20.1. The molecule has 0 saturated heterocycles. The van der Waals surface area contributed by atoms with Crippen molar-refractivity contribution in [2.75, 3.05) is 18.2 Å². The van der Waals surface area contributed by atoms with Gasteiger partial charge in [0.2, 0.25) is 5.91 Å². The van der Waals surface area contributed by atoms with Crippen LogP contribution in [0.15, 0.2) is 58.5 Å². The van der Waals surface area contributed by atoms with E-state index in [-0.39, 0.29) is 17.2 Å². The van der Waals surface area contributed by atoms with Gasteiger partial charge in [-0.25, -0.2) is 4.98 Å². The topological polar surface area (TPSA) is 78.2 Å². The number of hydrogen-bond donors (Lipinski definition) is 1. The molecule has 7 nitrogen and oxygen atoms in total. The Morgan fingerprint density at radius 2 is 2.00 bits per heavy atom. The number of nitrogens with one attached hydrogen (secondary N) is 1. The standard InChI is InChI=1S/C22H20N4O3S3/c1-13-9-10-16(29-3)15(11-13)23-17(27)12-31-21-24-19-18(20(28)25(21)2)32-22(30)26(19)14-7-5-4-6-8-14/h4-11H,12H2,1-3H3,(H,23,27). The molecule has 0 aliphatic heterocycles. The number of thiazole rings is 1. The van der Waals surface area contributed by atoms with E-state index >= 15 is 0 Å². The van der Waals surface area contributed by atoms with Gasteiger partial charge in [-0.05, 0) is 49.0 Å². The first-order chi connectivity index (χ1) is 15.4. The summed E-state index contributed by atoms with van der Waals surface area (Å²) in [6.45, 7) is 1.94. The Labute approximate surface area is 197 Å². The molecule has 0 spiro atoms. The lowest BCUT2D eigenvalue weighted by Gasteiger charge is -2.12. The maximum Gasteiger partial charge on any atom is 0.273 e. The van der Waals surface area contributed by atoms with E-state index in [2.05, 4.69) is 10.3 Å². The number of anilines is 1. The number of ether oxygens (including phenoxy) is 1. The van der Waals surface area contributed by atoms with Gasteiger partial charge in [0.05, 0.1) is 18.6 Å². The second kappa shape index (κ2) is 9.27. The van der Waals surface area contributed by atoms with E-state index in [9.17, 15) is 9.59 Å². The summed E-state index contributed by atoms with van der Waals surface area (Å²) in [5, 5.41) is 3.30. The molecule has 0 aliphatic carbocycles. The van der Waals surface area contributed by atoms with Gasteiger partial charge in [0.1, 0.15) is 10.4 Å². The molecule has 164 valence electrons. The fourth-order valence-electron chi connectivity index (χ4n) is 3.18. The quantitative estimate of drug-likeness (QED) is 0.246.